The molecular formula is C26H53NO5S. The highest BCUT2D eigenvalue weighted by atomic mass is 32.3. The summed E-state index contributed by atoms with van der Waals surface area (Å²) in [7, 11) is 2.29. The Labute approximate surface area is 205 Å². The molecule has 0 aliphatic carbocycles. The van der Waals surface area contributed by atoms with Gasteiger partial charge in [-0.3, -0.25) is 8.67 Å². The van der Waals surface area contributed by atoms with Gasteiger partial charge in [0.2, 0.25) is 10.4 Å². The summed E-state index contributed by atoms with van der Waals surface area (Å²) in [6.45, 7) is 2.28. The van der Waals surface area contributed by atoms with Gasteiger partial charge in [0.1, 0.15) is 0 Å². The van der Waals surface area contributed by atoms with Gasteiger partial charge < -0.3 is 4.55 Å². The quantitative estimate of drug-likeness (QED) is 0.0607. The van der Waals surface area contributed by atoms with Crippen LogP contribution in [0.1, 0.15) is 122 Å². The lowest BCUT2D eigenvalue weighted by molar-refractivity contribution is -0.792. The first-order valence-corrected chi connectivity index (χ1v) is 14.4. The molecule has 0 saturated carbocycles. The van der Waals surface area contributed by atoms with Crippen LogP contribution in [-0.2, 0) is 19.4 Å². The molecule has 0 aromatic rings. The van der Waals surface area contributed by atoms with Crippen LogP contribution in [0.5, 0.6) is 0 Å². The highest BCUT2D eigenvalue weighted by Crippen LogP contribution is 2.13. The average Bonchev–Trinajstić information content (AvgIpc) is 2.74. The van der Waals surface area contributed by atoms with E-state index in [4.69, 9.17) is 0 Å². The summed E-state index contributed by atoms with van der Waals surface area (Å²) in [6, 6.07) is 0. The van der Waals surface area contributed by atoms with Crippen molar-refractivity contribution in [2.45, 2.75) is 122 Å². The van der Waals surface area contributed by atoms with Gasteiger partial charge in [-0.15, -0.1) is 0 Å². The van der Waals surface area contributed by atoms with E-state index in [-0.39, 0.29) is 0 Å². The third kappa shape index (κ3) is 31.2. The molecule has 198 valence electrons. The van der Waals surface area contributed by atoms with Gasteiger partial charge in [0.05, 0.1) is 34.7 Å². The largest absolute Gasteiger partial charge is 0.726 e. The van der Waals surface area contributed by atoms with Crippen LogP contribution in [0.4, 0.5) is 0 Å². The fourth-order valence-electron chi connectivity index (χ4n) is 3.39. The van der Waals surface area contributed by atoms with E-state index in [0.717, 1.165) is 20.0 Å². The smallest absolute Gasteiger partial charge is 0.313 e. The molecule has 0 N–H and O–H groups in total. The van der Waals surface area contributed by atoms with E-state index in [1.54, 1.807) is 0 Å². The van der Waals surface area contributed by atoms with Crippen LogP contribution in [0.3, 0.4) is 0 Å². The molecule has 0 aromatic heterocycles. The molecule has 0 rings (SSSR count). The second kappa shape index (κ2) is 23.0. The van der Waals surface area contributed by atoms with Gasteiger partial charge in [0.15, 0.2) is 0 Å². The molecule has 0 heterocycles. The molecule has 0 unspecified atom stereocenters. The van der Waals surface area contributed by atoms with Crippen LogP contribution in [0.15, 0.2) is 12.2 Å². The summed E-state index contributed by atoms with van der Waals surface area (Å²) in [5.41, 5.74) is 0. The van der Waals surface area contributed by atoms with E-state index in [1.165, 1.54) is 103 Å². The minimum Gasteiger partial charge on any atom is -0.726 e. The Bertz CT molecular complexity index is 568. The molecule has 0 radical (unpaired) electrons. The number of amides is 1. The highest BCUT2D eigenvalue weighted by molar-refractivity contribution is 7.80. The summed E-state index contributed by atoms with van der Waals surface area (Å²) in [6.07, 6.45) is 28.4. The molecule has 0 fully saturated rings. The van der Waals surface area contributed by atoms with Crippen molar-refractivity contribution in [3.05, 3.63) is 12.2 Å². The minimum atomic E-state index is -4.41. The first-order valence-electron chi connectivity index (χ1n) is 13.1. The normalized spacial score (nSPS) is 12.1. The van der Waals surface area contributed by atoms with E-state index in [1.807, 2.05) is 21.1 Å². The zero-order valence-corrected chi connectivity index (χ0v) is 23.1. The zero-order valence-electron chi connectivity index (χ0n) is 22.3. The van der Waals surface area contributed by atoms with Gasteiger partial charge >= 0.3 is 5.91 Å². The van der Waals surface area contributed by atoms with Gasteiger partial charge in [-0.25, -0.2) is 13.2 Å². The Kier molecular flexibility index (Phi) is 24.0. The fraction of sp³-hybridized carbons (Fsp3) is 0.885. The lowest BCUT2D eigenvalue weighted by Crippen LogP contribution is -2.40. The summed E-state index contributed by atoms with van der Waals surface area (Å²) in [5, 5.41) is 0. The van der Waals surface area contributed by atoms with Crippen molar-refractivity contribution in [2.75, 3.05) is 28.3 Å². The minimum absolute atomic E-state index is 0.357. The Hall–Kier alpha value is -0.760. The van der Waals surface area contributed by atoms with Gasteiger partial charge in [0, 0.05) is 0 Å². The van der Waals surface area contributed by atoms with Crippen molar-refractivity contribution in [2.24, 2.45) is 0 Å². The molecule has 6 nitrogen and oxygen atoms in total. The van der Waals surface area contributed by atoms with Crippen LogP contribution in [0, 0.1) is 0 Å². The number of hydrogen-bond donors (Lipinski definition) is 0. The van der Waals surface area contributed by atoms with Crippen molar-refractivity contribution in [1.29, 1.82) is 0 Å². The highest BCUT2D eigenvalue weighted by Gasteiger charge is 2.18. The molecule has 0 aliphatic rings. The first kappa shape index (κ1) is 34.4. The fourth-order valence-corrected chi connectivity index (χ4v) is 3.39. The summed E-state index contributed by atoms with van der Waals surface area (Å²) < 4.78 is 31.5. The third-order valence-electron chi connectivity index (χ3n) is 5.60. The van der Waals surface area contributed by atoms with Crippen LogP contribution < -0.4 is 0 Å². The maximum atomic E-state index is 11.8. The Balaban J connectivity index is 0. The number of quaternary nitrogens is 1. The predicted octanol–water partition coefficient (Wildman–Crippen LogP) is 6.91. The van der Waals surface area contributed by atoms with Crippen LogP contribution >= 0.6 is 0 Å². The average molecular weight is 492 g/mol. The maximum Gasteiger partial charge on any atom is 0.313 e. The molecule has 0 saturated heterocycles. The van der Waals surface area contributed by atoms with Crippen LogP contribution in [0.25, 0.3) is 0 Å². The lowest BCUT2D eigenvalue weighted by atomic mass is 10.1. The van der Waals surface area contributed by atoms with Crippen molar-refractivity contribution >= 4 is 16.3 Å². The van der Waals surface area contributed by atoms with Gasteiger partial charge in [-0.05, 0) is 32.1 Å². The van der Waals surface area contributed by atoms with Crippen molar-refractivity contribution in [1.82, 2.24) is 0 Å². The third-order valence-corrected chi connectivity index (χ3v) is 6.01. The van der Waals surface area contributed by atoms with Crippen molar-refractivity contribution in [3.63, 3.8) is 0 Å². The van der Waals surface area contributed by atoms with Gasteiger partial charge in [-0.1, -0.05) is 96.1 Å². The molecule has 0 aromatic carbocycles. The molecular weight excluding hydrogens is 438 g/mol. The summed E-state index contributed by atoms with van der Waals surface area (Å²) in [5.74, 6) is 0.357. The number of unbranched alkanes of at least 4 members (excludes halogenated alkanes) is 15. The first-order chi connectivity index (χ1) is 15.5. The van der Waals surface area contributed by atoms with Gasteiger partial charge in [0.25, 0.3) is 0 Å². The van der Waals surface area contributed by atoms with E-state index >= 15 is 0 Å². The number of rotatable bonds is 20. The second-order valence-electron chi connectivity index (χ2n) is 9.73. The standard InChI is InChI=1S/C25H50NO.CH4O4S/c1-5-6-7-8-9-10-11-12-13-14-15-16-17-18-19-20-21-22-23-24-25(27)26(2,3)4;1-5-6(2,3)4/h12-13H,5-11,14-24H2,1-4H3;1H3,(H,2,3,4)/q+1;/p-1. The topological polar surface area (TPSA) is 83.5 Å². The lowest BCUT2D eigenvalue weighted by Gasteiger charge is -2.20. The maximum absolute atomic E-state index is 11.8. The summed E-state index contributed by atoms with van der Waals surface area (Å²) >= 11 is 0. The Morgan fingerprint density at radius 2 is 1.06 bits per heavy atom. The second-order valence-corrected chi connectivity index (χ2v) is 10.9. The van der Waals surface area contributed by atoms with Crippen LogP contribution in [-0.4, -0.2) is 51.6 Å². The Morgan fingerprint density at radius 3 is 1.39 bits per heavy atom. The van der Waals surface area contributed by atoms with Crippen molar-refractivity contribution < 1.29 is 26.4 Å². The molecule has 33 heavy (non-hydrogen) atoms. The molecule has 0 aliphatic heterocycles. The Morgan fingerprint density at radius 1 is 0.727 bits per heavy atom. The number of allylic oxidation sites excluding steroid dienone is 2. The van der Waals surface area contributed by atoms with E-state index in [9.17, 15) is 17.8 Å². The summed E-state index contributed by atoms with van der Waals surface area (Å²) in [4.78, 5) is 11.8. The monoisotopic (exact) mass is 491 g/mol. The molecule has 7 heteroatoms. The van der Waals surface area contributed by atoms with Gasteiger partial charge in [-0.2, -0.15) is 0 Å². The van der Waals surface area contributed by atoms with E-state index < -0.39 is 10.4 Å². The molecule has 0 bridgehead atoms. The molecule has 0 spiro atoms. The molecule has 0 atom stereocenters. The number of hydrogen-bond acceptors (Lipinski definition) is 5. The number of nitrogens with zero attached hydrogens (tertiary/aromatic N) is 1. The number of carbonyl (C=O) groups is 1. The van der Waals surface area contributed by atoms with E-state index in [2.05, 4.69) is 23.3 Å². The SMILES string of the molecule is CCCCCCCCC=CCCCCCCCCCCCC(=O)[N+](C)(C)C.COS(=O)(=O)[O-]. The number of carbonyl (C=O) groups excluding carboxylic acids is 1. The van der Waals surface area contributed by atoms with E-state index in [0.29, 0.717) is 10.4 Å². The molecule has 1 amide bonds. The van der Waals surface area contributed by atoms with Crippen LogP contribution in [0.2, 0.25) is 0 Å². The predicted molar refractivity (Wildman–Crippen MR) is 138 cm³/mol. The van der Waals surface area contributed by atoms with Crippen molar-refractivity contribution in [3.8, 4) is 0 Å². The zero-order chi connectivity index (χ0) is 25.4.